The van der Waals surface area contributed by atoms with E-state index in [0.29, 0.717) is 13.0 Å². The molecule has 1 amide bonds. The Morgan fingerprint density at radius 2 is 2.14 bits per heavy atom. The summed E-state index contributed by atoms with van der Waals surface area (Å²) in [6.07, 6.45) is 6.81. The SMILES string of the molecule is Cc1ccc(NC(=O)CCC2CCCC2)c(C#CCN)c1. The molecule has 1 aliphatic rings. The van der Waals surface area contributed by atoms with Crippen LogP contribution in [0.15, 0.2) is 18.2 Å². The first-order chi connectivity index (χ1) is 10.2. The van der Waals surface area contributed by atoms with Gasteiger partial charge in [0.15, 0.2) is 0 Å². The van der Waals surface area contributed by atoms with Gasteiger partial charge in [-0.25, -0.2) is 0 Å². The third-order valence-electron chi connectivity index (χ3n) is 4.03. The first kappa shape index (κ1) is 15.6. The Balaban J connectivity index is 1.95. The second kappa shape index (κ2) is 7.85. The van der Waals surface area contributed by atoms with Crippen molar-refractivity contribution in [3.8, 4) is 11.8 Å². The van der Waals surface area contributed by atoms with E-state index in [1.165, 1.54) is 25.7 Å². The third kappa shape index (κ3) is 4.91. The highest BCUT2D eigenvalue weighted by molar-refractivity contribution is 5.92. The maximum Gasteiger partial charge on any atom is 0.224 e. The molecule has 0 spiro atoms. The first-order valence-electron chi connectivity index (χ1n) is 7.78. The molecule has 0 saturated heterocycles. The molecule has 1 aromatic carbocycles. The van der Waals surface area contributed by atoms with E-state index in [9.17, 15) is 4.79 Å². The number of hydrogen-bond acceptors (Lipinski definition) is 2. The Labute approximate surface area is 127 Å². The molecule has 0 aromatic heterocycles. The molecule has 1 aliphatic carbocycles. The number of nitrogens with one attached hydrogen (secondary N) is 1. The van der Waals surface area contributed by atoms with E-state index in [1.807, 2.05) is 25.1 Å². The Morgan fingerprint density at radius 1 is 1.38 bits per heavy atom. The third-order valence-corrected chi connectivity index (χ3v) is 4.03. The van der Waals surface area contributed by atoms with E-state index >= 15 is 0 Å². The molecule has 3 N–H and O–H groups in total. The van der Waals surface area contributed by atoms with Crippen LogP contribution in [-0.2, 0) is 4.79 Å². The van der Waals surface area contributed by atoms with Crippen LogP contribution in [0.3, 0.4) is 0 Å². The van der Waals surface area contributed by atoms with Gasteiger partial charge in [0.2, 0.25) is 5.91 Å². The summed E-state index contributed by atoms with van der Waals surface area (Å²) in [6.45, 7) is 2.34. The normalized spacial score (nSPS) is 14.6. The van der Waals surface area contributed by atoms with Crippen molar-refractivity contribution < 1.29 is 4.79 Å². The summed E-state index contributed by atoms with van der Waals surface area (Å²) in [6, 6.07) is 5.89. The molecule has 0 heterocycles. The molecule has 0 aliphatic heterocycles. The van der Waals surface area contributed by atoms with Crippen LogP contribution >= 0.6 is 0 Å². The second-order valence-corrected chi connectivity index (χ2v) is 5.79. The largest absolute Gasteiger partial charge is 0.325 e. The zero-order valence-electron chi connectivity index (χ0n) is 12.7. The van der Waals surface area contributed by atoms with Gasteiger partial charge in [-0.05, 0) is 37.0 Å². The molecule has 0 unspecified atom stereocenters. The van der Waals surface area contributed by atoms with E-state index in [1.54, 1.807) is 0 Å². The van der Waals surface area contributed by atoms with Crippen molar-refractivity contribution in [3.63, 3.8) is 0 Å². The van der Waals surface area contributed by atoms with E-state index in [0.717, 1.165) is 29.2 Å². The second-order valence-electron chi connectivity index (χ2n) is 5.79. The fourth-order valence-electron chi connectivity index (χ4n) is 2.86. The summed E-state index contributed by atoms with van der Waals surface area (Å²) in [5, 5.41) is 2.99. The maximum atomic E-state index is 12.1. The lowest BCUT2D eigenvalue weighted by Crippen LogP contribution is -2.13. The lowest BCUT2D eigenvalue weighted by atomic mass is 10.0. The number of anilines is 1. The van der Waals surface area contributed by atoms with E-state index in [4.69, 9.17) is 5.73 Å². The minimum atomic E-state index is 0.0848. The molecule has 1 saturated carbocycles. The predicted molar refractivity (Wildman–Crippen MR) is 86.9 cm³/mol. The number of rotatable bonds is 4. The van der Waals surface area contributed by atoms with Crippen molar-refractivity contribution >= 4 is 11.6 Å². The Morgan fingerprint density at radius 3 is 2.86 bits per heavy atom. The van der Waals surface area contributed by atoms with Crippen molar-refractivity contribution in [1.29, 1.82) is 0 Å². The minimum Gasteiger partial charge on any atom is -0.325 e. The van der Waals surface area contributed by atoms with Crippen molar-refractivity contribution in [2.45, 2.75) is 45.4 Å². The quantitative estimate of drug-likeness (QED) is 0.834. The fourth-order valence-corrected chi connectivity index (χ4v) is 2.86. The predicted octanol–water partition coefficient (Wildman–Crippen LogP) is 3.21. The fraction of sp³-hybridized carbons (Fsp3) is 0.500. The molecule has 0 radical (unpaired) electrons. The minimum absolute atomic E-state index is 0.0848. The van der Waals surface area contributed by atoms with E-state index in [2.05, 4.69) is 17.2 Å². The van der Waals surface area contributed by atoms with Gasteiger partial charge in [0.1, 0.15) is 0 Å². The lowest BCUT2D eigenvalue weighted by molar-refractivity contribution is -0.116. The van der Waals surface area contributed by atoms with Gasteiger partial charge >= 0.3 is 0 Å². The molecular formula is C18H24N2O. The van der Waals surface area contributed by atoms with Crippen LogP contribution in [0.5, 0.6) is 0 Å². The molecule has 2 rings (SSSR count). The van der Waals surface area contributed by atoms with Crippen LogP contribution in [0.25, 0.3) is 0 Å². The topological polar surface area (TPSA) is 55.1 Å². The Hall–Kier alpha value is -1.79. The standard InChI is InChI=1S/C18H24N2O/c1-14-8-10-17(16(13-14)7-4-12-19)20-18(21)11-9-15-5-2-3-6-15/h8,10,13,15H,2-3,5-6,9,11-12,19H2,1H3,(H,20,21). The summed E-state index contributed by atoms with van der Waals surface area (Å²) < 4.78 is 0. The van der Waals surface area contributed by atoms with Gasteiger partial charge in [-0.15, -0.1) is 0 Å². The van der Waals surface area contributed by atoms with Crippen molar-refractivity contribution in [3.05, 3.63) is 29.3 Å². The van der Waals surface area contributed by atoms with E-state index in [-0.39, 0.29) is 5.91 Å². The average Bonchev–Trinajstić information content (AvgIpc) is 2.98. The molecule has 3 nitrogen and oxygen atoms in total. The summed E-state index contributed by atoms with van der Waals surface area (Å²) >= 11 is 0. The summed E-state index contributed by atoms with van der Waals surface area (Å²) in [5.41, 5.74) is 8.18. The molecule has 112 valence electrons. The molecule has 1 fully saturated rings. The number of aryl methyl sites for hydroxylation is 1. The number of benzene rings is 1. The number of carbonyl (C=O) groups is 1. The molecule has 21 heavy (non-hydrogen) atoms. The number of amides is 1. The molecular weight excluding hydrogens is 260 g/mol. The summed E-state index contributed by atoms with van der Waals surface area (Å²) in [7, 11) is 0. The van der Waals surface area contributed by atoms with Crippen LogP contribution in [0.4, 0.5) is 5.69 Å². The van der Waals surface area contributed by atoms with Gasteiger partial charge in [-0.2, -0.15) is 0 Å². The highest BCUT2D eigenvalue weighted by atomic mass is 16.1. The molecule has 0 atom stereocenters. The zero-order valence-corrected chi connectivity index (χ0v) is 12.7. The highest BCUT2D eigenvalue weighted by Gasteiger charge is 2.16. The molecule has 1 aromatic rings. The van der Waals surface area contributed by atoms with Gasteiger partial charge in [-0.1, -0.05) is 43.6 Å². The molecule has 3 heteroatoms. The summed E-state index contributed by atoms with van der Waals surface area (Å²) in [4.78, 5) is 12.1. The highest BCUT2D eigenvalue weighted by Crippen LogP contribution is 2.28. The number of nitrogens with two attached hydrogens (primary N) is 1. The van der Waals surface area contributed by atoms with Gasteiger partial charge in [0, 0.05) is 12.0 Å². The van der Waals surface area contributed by atoms with E-state index < -0.39 is 0 Å². The Kier molecular flexibility index (Phi) is 5.83. The van der Waals surface area contributed by atoms with Gasteiger partial charge in [-0.3, -0.25) is 4.79 Å². The smallest absolute Gasteiger partial charge is 0.224 e. The van der Waals surface area contributed by atoms with Crippen LogP contribution in [0.2, 0.25) is 0 Å². The zero-order chi connectivity index (χ0) is 15.1. The molecule has 0 bridgehead atoms. The van der Waals surface area contributed by atoms with Gasteiger partial charge in [0.25, 0.3) is 0 Å². The van der Waals surface area contributed by atoms with Gasteiger partial charge < -0.3 is 11.1 Å². The van der Waals surface area contributed by atoms with Crippen LogP contribution in [-0.4, -0.2) is 12.5 Å². The van der Waals surface area contributed by atoms with Crippen LogP contribution < -0.4 is 11.1 Å². The van der Waals surface area contributed by atoms with Crippen molar-refractivity contribution in [2.75, 3.05) is 11.9 Å². The number of hydrogen-bond donors (Lipinski definition) is 2. The average molecular weight is 284 g/mol. The maximum absolute atomic E-state index is 12.1. The lowest BCUT2D eigenvalue weighted by Gasteiger charge is -2.11. The monoisotopic (exact) mass is 284 g/mol. The Bertz CT molecular complexity index is 548. The van der Waals surface area contributed by atoms with Crippen molar-refractivity contribution in [1.82, 2.24) is 0 Å². The number of carbonyl (C=O) groups excluding carboxylic acids is 1. The van der Waals surface area contributed by atoms with Crippen molar-refractivity contribution in [2.24, 2.45) is 11.7 Å². The first-order valence-corrected chi connectivity index (χ1v) is 7.78. The summed E-state index contributed by atoms with van der Waals surface area (Å²) in [5.74, 6) is 6.70. The van der Waals surface area contributed by atoms with Crippen LogP contribution in [0, 0.1) is 24.7 Å². The van der Waals surface area contributed by atoms with Gasteiger partial charge in [0.05, 0.1) is 12.2 Å². The van der Waals surface area contributed by atoms with Crippen LogP contribution in [0.1, 0.15) is 49.7 Å².